The summed E-state index contributed by atoms with van der Waals surface area (Å²) >= 11 is 0. The molecule has 8 atom stereocenters. The number of hydrogen-bond donors (Lipinski definition) is 3. The smallest absolute Gasteiger partial charge is 0.138 e. The molecule has 0 saturated heterocycles. The van der Waals surface area contributed by atoms with Gasteiger partial charge in [-0.15, -0.1) is 0 Å². The Balaban J connectivity index is 1.60. The van der Waals surface area contributed by atoms with E-state index in [1.165, 1.54) is 25.3 Å². The molecule has 0 aromatic carbocycles. The summed E-state index contributed by atoms with van der Waals surface area (Å²) in [6.07, 6.45) is 11.6. The van der Waals surface area contributed by atoms with Crippen molar-refractivity contribution < 1.29 is 20.1 Å². The minimum atomic E-state index is -1.44. The number of allylic oxidation sites excluding steroid dienone is 4. The average molecular weight is 473 g/mol. The molecule has 4 aliphatic rings. The van der Waals surface area contributed by atoms with E-state index in [0.717, 1.165) is 25.7 Å². The van der Waals surface area contributed by atoms with E-state index < -0.39 is 18.3 Å². The largest absolute Gasteiger partial charge is 0.393 e. The van der Waals surface area contributed by atoms with Crippen molar-refractivity contribution in [3.05, 3.63) is 23.3 Å². The monoisotopic (exact) mass is 472 g/mol. The van der Waals surface area contributed by atoms with Crippen LogP contribution < -0.4 is 0 Å². The topological polar surface area (TPSA) is 77.8 Å². The number of fused-ring (bicyclic) bond motifs is 5. The molecule has 192 valence electrons. The second-order valence-corrected chi connectivity index (χ2v) is 13.8. The van der Waals surface area contributed by atoms with Gasteiger partial charge in [0.25, 0.3) is 0 Å². The number of rotatable bonds is 6. The molecule has 0 aromatic heterocycles. The third kappa shape index (κ3) is 3.53. The minimum Gasteiger partial charge on any atom is -0.393 e. The third-order valence-corrected chi connectivity index (χ3v) is 11.7. The Kier molecular flexibility index (Phi) is 6.36. The molecule has 34 heavy (non-hydrogen) atoms. The van der Waals surface area contributed by atoms with Gasteiger partial charge in [-0.05, 0) is 97.0 Å². The number of Topliss-reactive ketones (excluding diaryl/α,β-unsaturated/α-hetero) is 1. The van der Waals surface area contributed by atoms with Crippen molar-refractivity contribution in [2.24, 2.45) is 39.4 Å². The second kappa shape index (κ2) is 8.28. The first kappa shape index (κ1) is 26.1. The van der Waals surface area contributed by atoms with Gasteiger partial charge < -0.3 is 15.3 Å². The first-order valence-corrected chi connectivity index (χ1v) is 13.6. The summed E-state index contributed by atoms with van der Waals surface area (Å²) in [6, 6.07) is 0. The van der Waals surface area contributed by atoms with E-state index in [2.05, 4.69) is 53.7 Å². The summed E-state index contributed by atoms with van der Waals surface area (Å²) in [6.45, 7) is 15.1. The van der Waals surface area contributed by atoms with Crippen LogP contribution in [-0.2, 0) is 4.79 Å². The molecule has 0 heterocycles. The lowest BCUT2D eigenvalue weighted by molar-refractivity contribution is -0.138. The first-order chi connectivity index (χ1) is 15.6. The van der Waals surface area contributed by atoms with Gasteiger partial charge in [-0.2, -0.15) is 0 Å². The van der Waals surface area contributed by atoms with Crippen LogP contribution in [0.25, 0.3) is 0 Å². The summed E-state index contributed by atoms with van der Waals surface area (Å²) in [5, 5.41) is 30.0. The van der Waals surface area contributed by atoms with Gasteiger partial charge in [-0.25, -0.2) is 0 Å². The van der Waals surface area contributed by atoms with Crippen molar-refractivity contribution in [2.75, 3.05) is 6.61 Å². The highest BCUT2D eigenvalue weighted by molar-refractivity contribution is 5.86. The molecule has 3 N–H and O–H groups in total. The molecule has 4 rings (SSSR count). The van der Waals surface area contributed by atoms with Crippen molar-refractivity contribution in [2.45, 2.75) is 112 Å². The van der Waals surface area contributed by atoms with E-state index in [-0.39, 0.29) is 21.7 Å². The van der Waals surface area contributed by atoms with Crippen LogP contribution in [0.3, 0.4) is 0 Å². The predicted molar refractivity (Wildman–Crippen MR) is 136 cm³/mol. The lowest BCUT2D eigenvalue weighted by Gasteiger charge is -2.59. The van der Waals surface area contributed by atoms with E-state index in [1.807, 2.05) is 0 Å². The minimum absolute atomic E-state index is 0.0789. The van der Waals surface area contributed by atoms with Crippen LogP contribution >= 0.6 is 0 Å². The maximum Gasteiger partial charge on any atom is 0.138 e. The van der Waals surface area contributed by atoms with Crippen molar-refractivity contribution in [3.8, 4) is 0 Å². The Hall–Kier alpha value is -0.970. The Bertz CT molecular complexity index is 897. The highest BCUT2D eigenvalue weighted by atomic mass is 16.4. The van der Waals surface area contributed by atoms with Crippen molar-refractivity contribution >= 4 is 5.78 Å². The summed E-state index contributed by atoms with van der Waals surface area (Å²) in [4.78, 5) is 12.8. The molecule has 0 amide bonds. The Morgan fingerprint density at radius 3 is 2.41 bits per heavy atom. The zero-order valence-corrected chi connectivity index (χ0v) is 22.6. The molecular weight excluding hydrogens is 424 g/mol. The number of ketones is 1. The molecule has 0 spiro atoms. The van der Waals surface area contributed by atoms with Crippen LogP contribution in [0.2, 0.25) is 0 Å². The predicted octanol–water partition coefficient (Wildman–Crippen LogP) is 5.60. The number of hydrogen-bond acceptors (Lipinski definition) is 4. The fraction of sp³-hybridized carbons (Fsp3) is 0.833. The average Bonchev–Trinajstić information content (AvgIpc) is 3.06. The molecular formula is C30H48O4. The van der Waals surface area contributed by atoms with Crippen LogP contribution in [-0.4, -0.2) is 39.4 Å². The van der Waals surface area contributed by atoms with Crippen molar-refractivity contribution in [1.82, 2.24) is 0 Å². The zero-order chi connectivity index (χ0) is 25.3. The van der Waals surface area contributed by atoms with Crippen LogP contribution in [0.1, 0.15) is 99.8 Å². The van der Waals surface area contributed by atoms with E-state index in [0.29, 0.717) is 36.4 Å². The molecule has 0 aromatic rings. The van der Waals surface area contributed by atoms with Gasteiger partial charge in [0.05, 0.1) is 12.7 Å². The lowest BCUT2D eigenvalue weighted by Crippen LogP contribution is -2.53. The van der Waals surface area contributed by atoms with Gasteiger partial charge in [0.2, 0.25) is 0 Å². The molecule has 2 saturated carbocycles. The van der Waals surface area contributed by atoms with Gasteiger partial charge in [0.15, 0.2) is 0 Å². The van der Waals surface area contributed by atoms with Gasteiger partial charge in [-0.1, -0.05) is 53.7 Å². The highest BCUT2D eigenvalue weighted by Crippen LogP contribution is 2.71. The molecule has 4 heteroatoms. The Morgan fingerprint density at radius 2 is 1.76 bits per heavy atom. The first-order valence-electron chi connectivity index (χ1n) is 13.6. The summed E-state index contributed by atoms with van der Waals surface area (Å²) < 4.78 is 0. The molecule has 4 nitrogen and oxygen atoms in total. The molecule has 0 radical (unpaired) electrons. The van der Waals surface area contributed by atoms with Gasteiger partial charge in [0, 0.05) is 11.8 Å². The standard InChI is InChI=1S/C30H48O4/c1-19(8-11-25(33)30(7,34)18-31)20-12-16-29(6)22-9-10-23-26(2,3)24(32)14-15-27(23,4)21(22)13-17-28(20,29)5/h9,13,19-20,23,25,31,33-34H,8,10-12,14-18H2,1-7H3/t19-,20-,23-,25+,27-,28-,29+,30-/m1/s1. The Morgan fingerprint density at radius 1 is 1.09 bits per heavy atom. The van der Waals surface area contributed by atoms with E-state index >= 15 is 0 Å². The SMILES string of the molecule is C[C@H](CC[C@H](O)[C@](C)(O)CO)[C@H]1CC[C@@]2(C)C3=CC[C@@H]4C(C)(C)C(=O)CC[C@]4(C)C3=CC[C@]12C. The molecule has 4 aliphatic carbocycles. The van der Waals surface area contributed by atoms with E-state index in [9.17, 15) is 20.1 Å². The van der Waals surface area contributed by atoms with Crippen LogP contribution in [0.4, 0.5) is 0 Å². The number of aliphatic hydroxyl groups excluding tert-OH is 2. The summed E-state index contributed by atoms with van der Waals surface area (Å²) in [7, 11) is 0. The molecule has 2 fully saturated rings. The molecule has 0 unspecified atom stereocenters. The lowest BCUT2D eigenvalue weighted by atomic mass is 9.44. The highest BCUT2D eigenvalue weighted by Gasteiger charge is 2.63. The Labute approximate surface area is 206 Å². The van der Waals surface area contributed by atoms with Crippen molar-refractivity contribution in [1.29, 1.82) is 0 Å². The number of carbonyl (C=O) groups excluding carboxylic acids is 1. The van der Waals surface area contributed by atoms with E-state index in [1.54, 1.807) is 5.57 Å². The molecule has 0 aliphatic heterocycles. The number of carbonyl (C=O) groups is 1. The third-order valence-electron chi connectivity index (χ3n) is 11.7. The summed E-state index contributed by atoms with van der Waals surface area (Å²) in [5.74, 6) is 1.79. The number of aliphatic hydroxyl groups is 3. The van der Waals surface area contributed by atoms with Gasteiger partial charge >= 0.3 is 0 Å². The van der Waals surface area contributed by atoms with Gasteiger partial charge in [0.1, 0.15) is 11.4 Å². The summed E-state index contributed by atoms with van der Waals surface area (Å²) in [5.41, 5.74) is 1.76. The maximum atomic E-state index is 12.8. The normalized spacial score (nSPS) is 42.5. The fourth-order valence-corrected chi connectivity index (χ4v) is 8.80. The maximum absolute atomic E-state index is 12.8. The van der Waals surface area contributed by atoms with Crippen LogP contribution in [0.5, 0.6) is 0 Å². The molecule has 0 bridgehead atoms. The quantitative estimate of drug-likeness (QED) is 0.470. The van der Waals surface area contributed by atoms with Crippen LogP contribution in [0.15, 0.2) is 23.3 Å². The second-order valence-electron chi connectivity index (χ2n) is 13.8. The zero-order valence-electron chi connectivity index (χ0n) is 22.6. The van der Waals surface area contributed by atoms with E-state index in [4.69, 9.17) is 0 Å². The van der Waals surface area contributed by atoms with Gasteiger partial charge in [-0.3, -0.25) is 4.79 Å². The van der Waals surface area contributed by atoms with Crippen molar-refractivity contribution in [3.63, 3.8) is 0 Å². The fourth-order valence-electron chi connectivity index (χ4n) is 8.80. The van der Waals surface area contributed by atoms with Crippen LogP contribution in [0, 0.1) is 39.4 Å².